The van der Waals surface area contributed by atoms with Crippen molar-refractivity contribution in [3.05, 3.63) is 17.8 Å². The molecule has 17 heavy (non-hydrogen) atoms. The van der Waals surface area contributed by atoms with E-state index >= 15 is 0 Å². The van der Waals surface area contributed by atoms with Crippen LogP contribution in [0, 0.1) is 0 Å². The minimum Gasteiger partial charge on any atom is -0.493 e. The van der Waals surface area contributed by atoms with Crippen LogP contribution in [-0.4, -0.2) is 34.3 Å². The van der Waals surface area contributed by atoms with Gasteiger partial charge in [0.1, 0.15) is 6.10 Å². The van der Waals surface area contributed by atoms with E-state index in [4.69, 9.17) is 16.2 Å². The first-order valence-corrected chi connectivity index (χ1v) is 4.89. The number of aliphatic hydroxyl groups excluding tert-OH is 2. The van der Waals surface area contributed by atoms with Crippen LogP contribution in [0.15, 0.2) is 12.3 Å². The van der Waals surface area contributed by atoms with Gasteiger partial charge in [0.15, 0.2) is 11.6 Å². The number of nitrogens with zero attached hydrogens (tertiary/aromatic N) is 1. The topological polar surface area (TPSA) is 132 Å². The zero-order chi connectivity index (χ0) is 13.0. The number of methoxy groups -OCH3 is 1. The Morgan fingerprint density at radius 1 is 1.59 bits per heavy atom. The average molecular weight is 241 g/mol. The number of hydrogen-bond donors (Lipinski definition) is 4. The van der Waals surface area contributed by atoms with Crippen molar-refractivity contribution in [1.82, 2.24) is 4.98 Å². The molecule has 0 aliphatic rings. The van der Waals surface area contributed by atoms with Crippen LogP contribution in [0.4, 0.5) is 5.82 Å². The van der Waals surface area contributed by atoms with E-state index in [9.17, 15) is 15.0 Å². The van der Waals surface area contributed by atoms with Crippen LogP contribution in [0.2, 0.25) is 0 Å². The summed E-state index contributed by atoms with van der Waals surface area (Å²) < 4.78 is 4.92. The standard InChI is InChI=1S/C10H15N3O4/c1-17-7-2-5(4-13-10(7)12)9(16)6(14)3-8(11)15/h2,4,6,9,14,16H,3H2,1H3,(H2,11,15)(H2,12,13). The van der Waals surface area contributed by atoms with Gasteiger partial charge in [-0.25, -0.2) is 4.98 Å². The van der Waals surface area contributed by atoms with E-state index in [-0.39, 0.29) is 18.0 Å². The van der Waals surface area contributed by atoms with Gasteiger partial charge in [0.25, 0.3) is 0 Å². The summed E-state index contributed by atoms with van der Waals surface area (Å²) in [5.74, 6) is -0.243. The smallest absolute Gasteiger partial charge is 0.220 e. The third kappa shape index (κ3) is 3.30. The molecule has 1 heterocycles. The fraction of sp³-hybridized carbons (Fsp3) is 0.400. The molecule has 7 nitrogen and oxygen atoms in total. The summed E-state index contributed by atoms with van der Waals surface area (Å²) >= 11 is 0. The Labute approximate surface area is 98.0 Å². The quantitative estimate of drug-likeness (QED) is 0.519. The van der Waals surface area contributed by atoms with Crippen LogP contribution in [0.5, 0.6) is 5.75 Å². The summed E-state index contributed by atoms with van der Waals surface area (Å²) in [4.78, 5) is 14.4. The molecule has 6 N–H and O–H groups in total. The molecule has 1 rings (SSSR count). The second-order valence-corrected chi connectivity index (χ2v) is 3.54. The number of nitrogens with two attached hydrogens (primary N) is 2. The maximum atomic E-state index is 10.6. The Morgan fingerprint density at radius 2 is 2.24 bits per heavy atom. The van der Waals surface area contributed by atoms with E-state index in [0.717, 1.165) is 0 Å². The zero-order valence-electron chi connectivity index (χ0n) is 9.33. The van der Waals surface area contributed by atoms with Gasteiger partial charge in [0, 0.05) is 11.8 Å². The lowest BCUT2D eigenvalue weighted by molar-refractivity contribution is -0.121. The number of amides is 1. The van der Waals surface area contributed by atoms with Crippen LogP contribution in [-0.2, 0) is 4.79 Å². The van der Waals surface area contributed by atoms with Gasteiger partial charge in [-0.3, -0.25) is 4.79 Å². The zero-order valence-corrected chi connectivity index (χ0v) is 9.33. The summed E-state index contributed by atoms with van der Waals surface area (Å²) in [6.07, 6.45) is -1.60. The van der Waals surface area contributed by atoms with Gasteiger partial charge in [-0.15, -0.1) is 0 Å². The molecule has 2 atom stereocenters. The first kappa shape index (κ1) is 13.2. The minimum absolute atomic E-state index is 0.174. The SMILES string of the molecule is COc1cc(C(O)C(O)CC(N)=O)cnc1N. The van der Waals surface area contributed by atoms with Crippen molar-refractivity contribution < 1.29 is 19.7 Å². The average Bonchev–Trinajstić information content (AvgIpc) is 2.27. The van der Waals surface area contributed by atoms with Crippen molar-refractivity contribution in [3.8, 4) is 5.75 Å². The van der Waals surface area contributed by atoms with E-state index in [1.165, 1.54) is 19.4 Å². The van der Waals surface area contributed by atoms with Gasteiger partial charge in [-0.2, -0.15) is 0 Å². The number of anilines is 1. The highest BCUT2D eigenvalue weighted by atomic mass is 16.5. The van der Waals surface area contributed by atoms with Crippen molar-refractivity contribution in [2.24, 2.45) is 5.73 Å². The van der Waals surface area contributed by atoms with Crippen molar-refractivity contribution >= 4 is 11.7 Å². The number of carbonyl (C=O) groups excluding carboxylic acids is 1. The maximum Gasteiger partial charge on any atom is 0.220 e. The van der Waals surface area contributed by atoms with Gasteiger partial charge < -0.3 is 26.4 Å². The molecule has 1 amide bonds. The molecule has 0 aromatic carbocycles. The third-order valence-electron chi connectivity index (χ3n) is 2.24. The van der Waals surface area contributed by atoms with Gasteiger partial charge in [0.05, 0.1) is 19.6 Å². The largest absolute Gasteiger partial charge is 0.493 e. The Hall–Kier alpha value is -1.86. The van der Waals surface area contributed by atoms with Crippen molar-refractivity contribution in [3.63, 3.8) is 0 Å². The number of primary amides is 1. The highest BCUT2D eigenvalue weighted by Crippen LogP contribution is 2.25. The van der Waals surface area contributed by atoms with Gasteiger partial charge in [-0.05, 0) is 6.07 Å². The van der Waals surface area contributed by atoms with Gasteiger partial charge in [0.2, 0.25) is 5.91 Å². The lowest BCUT2D eigenvalue weighted by Crippen LogP contribution is -2.25. The second kappa shape index (κ2) is 5.46. The second-order valence-electron chi connectivity index (χ2n) is 3.54. The molecule has 0 aliphatic heterocycles. The lowest BCUT2D eigenvalue weighted by atomic mass is 10.0. The minimum atomic E-state index is -1.29. The maximum absolute atomic E-state index is 10.6. The van der Waals surface area contributed by atoms with E-state index < -0.39 is 18.1 Å². The van der Waals surface area contributed by atoms with E-state index in [2.05, 4.69) is 4.98 Å². The lowest BCUT2D eigenvalue weighted by Gasteiger charge is -2.17. The van der Waals surface area contributed by atoms with E-state index in [1.54, 1.807) is 0 Å². The highest BCUT2D eigenvalue weighted by molar-refractivity contribution is 5.74. The predicted octanol–water partition coefficient (Wildman–Crippen LogP) is -1.06. The molecule has 0 spiro atoms. The molecule has 1 aromatic rings. The number of pyridine rings is 1. The summed E-state index contributed by atoms with van der Waals surface area (Å²) in [7, 11) is 1.41. The first-order chi connectivity index (χ1) is 7.95. The van der Waals surface area contributed by atoms with Crippen molar-refractivity contribution in [2.75, 3.05) is 12.8 Å². The van der Waals surface area contributed by atoms with Crippen LogP contribution < -0.4 is 16.2 Å². The fourth-order valence-corrected chi connectivity index (χ4v) is 1.34. The Bertz CT molecular complexity index is 411. The Morgan fingerprint density at radius 3 is 2.76 bits per heavy atom. The van der Waals surface area contributed by atoms with E-state index in [1.807, 2.05) is 0 Å². The van der Waals surface area contributed by atoms with Crippen LogP contribution in [0.3, 0.4) is 0 Å². The summed E-state index contributed by atoms with van der Waals surface area (Å²) in [5.41, 5.74) is 10.7. The third-order valence-corrected chi connectivity index (χ3v) is 2.24. The molecule has 0 bridgehead atoms. The van der Waals surface area contributed by atoms with Crippen molar-refractivity contribution in [1.29, 1.82) is 0 Å². The van der Waals surface area contributed by atoms with Gasteiger partial charge in [-0.1, -0.05) is 0 Å². The normalized spacial score (nSPS) is 14.1. The monoisotopic (exact) mass is 241 g/mol. The number of aromatic nitrogens is 1. The molecule has 0 saturated carbocycles. The molecule has 0 fully saturated rings. The van der Waals surface area contributed by atoms with Crippen LogP contribution in [0.1, 0.15) is 18.1 Å². The fourth-order valence-electron chi connectivity index (χ4n) is 1.34. The molecular formula is C10H15N3O4. The van der Waals surface area contributed by atoms with Crippen molar-refractivity contribution in [2.45, 2.75) is 18.6 Å². The Balaban J connectivity index is 2.88. The number of carbonyl (C=O) groups is 1. The Kier molecular flexibility index (Phi) is 4.24. The number of hydrogen-bond acceptors (Lipinski definition) is 6. The predicted molar refractivity (Wildman–Crippen MR) is 60.0 cm³/mol. The summed E-state index contributed by atoms with van der Waals surface area (Å²) in [5, 5.41) is 19.3. The number of rotatable bonds is 5. The van der Waals surface area contributed by atoms with Gasteiger partial charge >= 0.3 is 0 Å². The molecule has 94 valence electrons. The van der Waals surface area contributed by atoms with Crippen LogP contribution >= 0.6 is 0 Å². The number of aliphatic hydroxyl groups is 2. The highest BCUT2D eigenvalue weighted by Gasteiger charge is 2.21. The molecular weight excluding hydrogens is 226 g/mol. The van der Waals surface area contributed by atoms with E-state index in [0.29, 0.717) is 5.56 Å². The molecule has 0 saturated heterocycles. The molecule has 2 unspecified atom stereocenters. The molecule has 0 aliphatic carbocycles. The number of nitrogen functional groups attached to an aromatic ring is 1. The molecule has 0 radical (unpaired) electrons. The van der Waals surface area contributed by atoms with Crippen LogP contribution in [0.25, 0.3) is 0 Å². The first-order valence-electron chi connectivity index (χ1n) is 4.89. The molecule has 7 heteroatoms. The molecule has 1 aromatic heterocycles. The summed E-state index contributed by atoms with van der Waals surface area (Å²) in [6.45, 7) is 0. The number of ether oxygens (including phenoxy) is 1. The summed E-state index contributed by atoms with van der Waals surface area (Å²) in [6, 6.07) is 1.44.